The highest BCUT2D eigenvalue weighted by atomic mass is 19.1. The van der Waals surface area contributed by atoms with Crippen molar-refractivity contribution in [3.63, 3.8) is 0 Å². The molecule has 1 saturated heterocycles. The van der Waals surface area contributed by atoms with E-state index in [-0.39, 0.29) is 23.4 Å². The molecule has 7 heteroatoms. The van der Waals surface area contributed by atoms with Gasteiger partial charge in [0.1, 0.15) is 11.5 Å². The SMILES string of the molecule is Cc1cc(C(N)=O)nc(-c2cc(C#CC3(O)CCN(C)C3=O)ccc2F)c1. The van der Waals surface area contributed by atoms with Crippen molar-refractivity contribution in [2.24, 2.45) is 5.73 Å². The summed E-state index contributed by atoms with van der Waals surface area (Å²) in [6.07, 6.45) is 0.213. The Labute approximate surface area is 155 Å². The summed E-state index contributed by atoms with van der Waals surface area (Å²) in [5, 5.41) is 10.4. The minimum Gasteiger partial charge on any atom is -0.369 e. The van der Waals surface area contributed by atoms with Gasteiger partial charge in [0.2, 0.25) is 5.60 Å². The van der Waals surface area contributed by atoms with E-state index in [4.69, 9.17) is 5.73 Å². The number of amides is 2. The lowest BCUT2D eigenvalue weighted by molar-refractivity contribution is -0.137. The summed E-state index contributed by atoms with van der Waals surface area (Å²) < 4.78 is 14.3. The molecule has 1 fully saturated rings. The summed E-state index contributed by atoms with van der Waals surface area (Å²) >= 11 is 0. The molecule has 2 heterocycles. The van der Waals surface area contributed by atoms with Gasteiger partial charge in [-0.05, 0) is 42.8 Å². The number of pyridine rings is 1. The molecule has 1 aromatic carbocycles. The molecule has 2 aromatic rings. The number of carbonyl (C=O) groups is 2. The summed E-state index contributed by atoms with van der Waals surface area (Å²) in [5.74, 6) is 3.63. The van der Waals surface area contributed by atoms with Crippen molar-refractivity contribution >= 4 is 11.8 Å². The minimum atomic E-state index is -1.73. The van der Waals surface area contributed by atoms with Gasteiger partial charge in [0.15, 0.2) is 0 Å². The molecular weight excluding hydrogens is 349 g/mol. The molecule has 1 atom stereocenters. The Balaban J connectivity index is 2.01. The van der Waals surface area contributed by atoms with E-state index in [1.165, 1.54) is 29.2 Å². The summed E-state index contributed by atoms with van der Waals surface area (Å²) in [5.41, 5.74) is 5.09. The fraction of sp³-hybridized carbons (Fsp3) is 0.250. The first-order valence-electron chi connectivity index (χ1n) is 8.29. The van der Waals surface area contributed by atoms with E-state index in [1.807, 2.05) is 0 Å². The molecule has 27 heavy (non-hydrogen) atoms. The van der Waals surface area contributed by atoms with Crippen molar-refractivity contribution < 1.29 is 19.1 Å². The van der Waals surface area contributed by atoms with Crippen molar-refractivity contribution in [3.05, 3.63) is 53.0 Å². The zero-order valence-corrected chi connectivity index (χ0v) is 14.9. The van der Waals surface area contributed by atoms with Crippen molar-refractivity contribution in [2.45, 2.75) is 18.9 Å². The maximum Gasteiger partial charge on any atom is 0.267 e. The molecule has 0 aliphatic carbocycles. The molecule has 1 aliphatic heterocycles. The Bertz CT molecular complexity index is 1010. The van der Waals surface area contributed by atoms with E-state index < -0.39 is 23.2 Å². The van der Waals surface area contributed by atoms with Crippen molar-refractivity contribution in [1.82, 2.24) is 9.88 Å². The van der Waals surface area contributed by atoms with Crippen LogP contribution in [0.4, 0.5) is 4.39 Å². The predicted octanol–water partition coefficient (Wildman–Crippen LogP) is 1.24. The molecule has 0 radical (unpaired) electrons. The van der Waals surface area contributed by atoms with Crippen LogP contribution in [0.25, 0.3) is 11.3 Å². The van der Waals surface area contributed by atoms with Crippen molar-refractivity contribution in [1.29, 1.82) is 0 Å². The minimum absolute atomic E-state index is 0.0368. The molecule has 0 spiro atoms. The van der Waals surface area contributed by atoms with Gasteiger partial charge < -0.3 is 15.7 Å². The number of halogens is 1. The maximum atomic E-state index is 14.3. The van der Waals surface area contributed by atoms with Crippen LogP contribution in [0, 0.1) is 24.6 Å². The lowest BCUT2D eigenvalue weighted by atomic mass is 10.0. The number of likely N-dealkylation sites (tertiary alicyclic amines) is 1. The number of primary amides is 1. The number of aliphatic hydroxyl groups is 1. The third kappa shape index (κ3) is 3.66. The number of aryl methyl sites for hydroxylation is 1. The van der Waals surface area contributed by atoms with E-state index in [1.54, 1.807) is 20.0 Å². The van der Waals surface area contributed by atoms with Gasteiger partial charge in [-0.3, -0.25) is 9.59 Å². The van der Waals surface area contributed by atoms with Gasteiger partial charge in [-0.1, -0.05) is 11.8 Å². The number of rotatable bonds is 2. The van der Waals surface area contributed by atoms with Crippen LogP contribution >= 0.6 is 0 Å². The number of likely N-dealkylation sites (N-methyl/N-ethyl adjacent to an activating group) is 1. The van der Waals surface area contributed by atoms with E-state index >= 15 is 0 Å². The van der Waals surface area contributed by atoms with Crippen molar-refractivity contribution in [3.8, 4) is 23.1 Å². The first-order chi connectivity index (χ1) is 12.7. The fourth-order valence-electron chi connectivity index (χ4n) is 2.88. The highest BCUT2D eigenvalue weighted by molar-refractivity contribution is 5.92. The molecule has 1 aliphatic rings. The van der Waals surface area contributed by atoms with Gasteiger partial charge in [-0.15, -0.1) is 0 Å². The van der Waals surface area contributed by atoms with Gasteiger partial charge in [-0.25, -0.2) is 9.37 Å². The van der Waals surface area contributed by atoms with E-state index in [0.717, 1.165) is 0 Å². The zero-order chi connectivity index (χ0) is 19.8. The number of hydrogen-bond donors (Lipinski definition) is 2. The Morgan fingerprint density at radius 2 is 2.11 bits per heavy atom. The van der Waals surface area contributed by atoms with Gasteiger partial charge in [0.25, 0.3) is 11.8 Å². The van der Waals surface area contributed by atoms with Crippen LogP contribution < -0.4 is 5.73 Å². The van der Waals surface area contributed by atoms with Crippen LogP contribution in [0.5, 0.6) is 0 Å². The molecule has 3 N–H and O–H groups in total. The Kier molecular flexibility index (Phi) is 4.68. The van der Waals surface area contributed by atoms with Crippen LogP contribution in [0.3, 0.4) is 0 Å². The van der Waals surface area contributed by atoms with Crippen LogP contribution in [0.1, 0.15) is 28.0 Å². The highest BCUT2D eigenvalue weighted by Crippen LogP contribution is 2.25. The van der Waals surface area contributed by atoms with Gasteiger partial charge >= 0.3 is 0 Å². The average Bonchev–Trinajstić information content (AvgIpc) is 2.88. The number of carbonyl (C=O) groups excluding carboxylic acids is 2. The Morgan fingerprint density at radius 3 is 2.74 bits per heavy atom. The lowest BCUT2D eigenvalue weighted by Gasteiger charge is -2.13. The third-order valence-electron chi connectivity index (χ3n) is 4.39. The topological polar surface area (TPSA) is 96.5 Å². The quantitative estimate of drug-likeness (QED) is 0.781. The zero-order valence-electron chi connectivity index (χ0n) is 14.9. The Morgan fingerprint density at radius 1 is 1.37 bits per heavy atom. The van der Waals surface area contributed by atoms with Gasteiger partial charge in [-0.2, -0.15) is 0 Å². The molecule has 3 rings (SSSR count). The first-order valence-corrected chi connectivity index (χ1v) is 8.29. The first kappa shape index (κ1) is 18.5. The van der Waals surface area contributed by atoms with E-state index in [0.29, 0.717) is 17.7 Å². The normalized spacial score (nSPS) is 19.0. The standard InChI is InChI=1S/C20H18FN3O3/c1-12-9-16(23-17(10-12)18(22)25)14-11-13(3-4-15(14)21)5-6-20(27)7-8-24(2)19(20)26/h3-4,9-11,27H,7-8H2,1-2H3,(H2,22,25). The predicted molar refractivity (Wildman–Crippen MR) is 97.0 cm³/mol. The fourth-order valence-corrected chi connectivity index (χ4v) is 2.88. The molecule has 0 saturated carbocycles. The second kappa shape index (κ2) is 6.82. The highest BCUT2D eigenvalue weighted by Gasteiger charge is 2.42. The van der Waals surface area contributed by atoms with Crippen LogP contribution in [-0.2, 0) is 4.79 Å². The number of nitrogens with zero attached hydrogens (tertiary/aromatic N) is 2. The van der Waals surface area contributed by atoms with Gasteiger partial charge in [0.05, 0.1) is 5.69 Å². The van der Waals surface area contributed by atoms with E-state index in [2.05, 4.69) is 16.8 Å². The molecule has 138 valence electrons. The van der Waals surface area contributed by atoms with Gasteiger partial charge in [0, 0.05) is 31.1 Å². The number of aromatic nitrogens is 1. The second-order valence-electron chi connectivity index (χ2n) is 6.56. The van der Waals surface area contributed by atoms with Crippen LogP contribution in [0.15, 0.2) is 30.3 Å². The molecule has 1 unspecified atom stereocenters. The summed E-state index contributed by atoms with van der Waals surface area (Å²) in [6.45, 7) is 2.17. The summed E-state index contributed by atoms with van der Waals surface area (Å²) in [4.78, 5) is 28.9. The lowest BCUT2D eigenvalue weighted by Crippen LogP contribution is -2.37. The smallest absolute Gasteiger partial charge is 0.267 e. The maximum absolute atomic E-state index is 14.3. The Hall–Kier alpha value is -3.24. The largest absolute Gasteiger partial charge is 0.369 e. The van der Waals surface area contributed by atoms with Crippen LogP contribution in [0.2, 0.25) is 0 Å². The molecule has 1 aromatic heterocycles. The molecule has 6 nitrogen and oxygen atoms in total. The number of hydrogen-bond acceptors (Lipinski definition) is 4. The third-order valence-corrected chi connectivity index (χ3v) is 4.39. The molecular formula is C20H18FN3O3. The summed E-state index contributed by atoms with van der Waals surface area (Å²) in [6, 6.07) is 7.28. The molecule has 0 bridgehead atoms. The van der Waals surface area contributed by atoms with E-state index in [9.17, 15) is 19.1 Å². The number of nitrogens with two attached hydrogens (primary N) is 1. The second-order valence-corrected chi connectivity index (χ2v) is 6.56. The monoisotopic (exact) mass is 367 g/mol. The summed E-state index contributed by atoms with van der Waals surface area (Å²) in [7, 11) is 1.59. The van der Waals surface area contributed by atoms with Crippen molar-refractivity contribution in [2.75, 3.05) is 13.6 Å². The number of benzene rings is 1. The molecule has 2 amide bonds. The average molecular weight is 367 g/mol. The van der Waals surface area contributed by atoms with Crippen LogP contribution in [-0.4, -0.2) is 46.0 Å².